The maximum absolute atomic E-state index is 6.06. The Morgan fingerprint density at radius 3 is 2.83 bits per heavy atom. The Hall–Kier alpha value is -0.570. The van der Waals surface area contributed by atoms with E-state index < -0.39 is 0 Å². The SMILES string of the molecule is CCN1CCCC(CN)C1c1ccc(Cl)cc1C. The van der Waals surface area contributed by atoms with Gasteiger partial charge < -0.3 is 5.73 Å². The number of rotatable bonds is 3. The van der Waals surface area contributed by atoms with Crippen molar-refractivity contribution in [2.45, 2.75) is 32.7 Å². The van der Waals surface area contributed by atoms with Crippen LogP contribution in [0.1, 0.15) is 36.9 Å². The van der Waals surface area contributed by atoms with E-state index in [2.05, 4.69) is 30.9 Å². The summed E-state index contributed by atoms with van der Waals surface area (Å²) in [6.45, 7) is 7.42. The summed E-state index contributed by atoms with van der Waals surface area (Å²) < 4.78 is 0. The van der Waals surface area contributed by atoms with Crippen LogP contribution in [0.15, 0.2) is 18.2 Å². The van der Waals surface area contributed by atoms with Crippen LogP contribution < -0.4 is 5.73 Å². The highest BCUT2D eigenvalue weighted by Gasteiger charge is 2.31. The maximum atomic E-state index is 6.06. The minimum Gasteiger partial charge on any atom is -0.330 e. The van der Waals surface area contributed by atoms with Crippen LogP contribution in [0, 0.1) is 12.8 Å². The van der Waals surface area contributed by atoms with Gasteiger partial charge in [-0.05, 0) is 68.6 Å². The fourth-order valence-corrected chi connectivity index (χ4v) is 3.40. The van der Waals surface area contributed by atoms with Crippen molar-refractivity contribution in [3.05, 3.63) is 34.3 Å². The average Bonchev–Trinajstić information content (AvgIpc) is 2.38. The van der Waals surface area contributed by atoms with Gasteiger partial charge in [-0.2, -0.15) is 0 Å². The summed E-state index contributed by atoms with van der Waals surface area (Å²) in [5.74, 6) is 0.568. The molecule has 0 spiro atoms. The molecule has 1 heterocycles. The molecule has 2 N–H and O–H groups in total. The third-order valence-corrected chi connectivity index (χ3v) is 4.35. The van der Waals surface area contributed by atoms with Crippen molar-refractivity contribution < 1.29 is 0 Å². The van der Waals surface area contributed by atoms with Crippen LogP contribution in [0.25, 0.3) is 0 Å². The Labute approximate surface area is 115 Å². The number of likely N-dealkylation sites (tertiary alicyclic amines) is 1. The summed E-state index contributed by atoms with van der Waals surface area (Å²) in [6.07, 6.45) is 2.50. The number of halogens is 1. The highest BCUT2D eigenvalue weighted by atomic mass is 35.5. The molecule has 0 saturated carbocycles. The third-order valence-electron chi connectivity index (χ3n) is 4.12. The largest absolute Gasteiger partial charge is 0.330 e. The van der Waals surface area contributed by atoms with E-state index in [1.165, 1.54) is 30.5 Å². The van der Waals surface area contributed by atoms with Gasteiger partial charge in [0.05, 0.1) is 0 Å². The molecule has 0 amide bonds. The van der Waals surface area contributed by atoms with Gasteiger partial charge in [0.2, 0.25) is 0 Å². The van der Waals surface area contributed by atoms with Crippen LogP contribution in [0.2, 0.25) is 5.02 Å². The van der Waals surface area contributed by atoms with Gasteiger partial charge in [-0.1, -0.05) is 24.6 Å². The number of nitrogens with zero attached hydrogens (tertiary/aromatic N) is 1. The predicted octanol–water partition coefficient (Wildman–Crippen LogP) is 3.38. The van der Waals surface area contributed by atoms with Crippen molar-refractivity contribution >= 4 is 11.6 Å². The Balaban J connectivity index is 2.36. The van der Waals surface area contributed by atoms with E-state index >= 15 is 0 Å². The van der Waals surface area contributed by atoms with E-state index in [-0.39, 0.29) is 0 Å². The highest BCUT2D eigenvalue weighted by molar-refractivity contribution is 6.30. The lowest BCUT2D eigenvalue weighted by atomic mass is 9.83. The lowest BCUT2D eigenvalue weighted by Crippen LogP contribution is -2.41. The first-order valence-electron chi connectivity index (χ1n) is 6.87. The number of nitrogens with two attached hydrogens (primary N) is 1. The van der Waals surface area contributed by atoms with E-state index in [4.69, 9.17) is 17.3 Å². The number of hydrogen-bond acceptors (Lipinski definition) is 2. The number of aryl methyl sites for hydroxylation is 1. The highest BCUT2D eigenvalue weighted by Crippen LogP contribution is 2.37. The summed E-state index contributed by atoms with van der Waals surface area (Å²) >= 11 is 6.06. The quantitative estimate of drug-likeness (QED) is 0.909. The minimum absolute atomic E-state index is 0.464. The van der Waals surface area contributed by atoms with Crippen LogP contribution in [0.4, 0.5) is 0 Å². The second-order valence-electron chi connectivity index (χ2n) is 5.21. The molecule has 1 aliphatic rings. The second kappa shape index (κ2) is 6.05. The number of hydrogen-bond donors (Lipinski definition) is 1. The number of benzene rings is 1. The van der Waals surface area contributed by atoms with Crippen LogP contribution in [0.3, 0.4) is 0 Å². The molecule has 2 rings (SSSR count). The van der Waals surface area contributed by atoms with Gasteiger partial charge >= 0.3 is 0 Å². The Morgan fingerprint density at radius 2 is 2.22 bits per heavy atom. The first-order chi connectivity index (χ1) is 8.67. The molecule has 18 heavy (non-hydrogen) atoms. The van der Waals surface area contributed by atoms with Crippen molar-refractivity contribution in [2.75, 3.05) is 19.6 Å². The van der Waals surface area contributed by atoms with E-state index in [0.29, 0.717) is 12.0 Å². The molecule has 1 aromatic rings. The van der Waals surface area contributed by atoms with Gasteiger partial charge in [0.25, 0.3) is 0 Å². The van der Waals surface area contributed by atoms with Crippen molar-refractivity contribution in [2.24, 2.45) is 11.7 Å². The molecule has 2 nitrogen and oxygen atoms in total. The molecule has 0 aromatic heterocycles. The van der Waals surface area contributed by atoms with E-state index in [1.54, 1.807) is 0 Å². The molecule has 0 aliphatic carbocycles. The van der Waals surface area contributed by atoms with Gasteiger partial charge in [0, 0.05) is 11.1 Å². The average molecular weight is 267 g/mol. The summed E-state index contributed by atoms with van der Waals surface area (Å²) in [6, 6.07) is 6.71. The predicted molar refractivity (Wildman–Crippen MR) is 78.0 cm³/mol. The Bertz CT molecular complexity index is 393. The molecule has 1 aliphatic heterocycles. The van der Waals surface area contributed by atoms with Crippen molar-refractivity contribution in [3.8, 4) is 0 Å². The summed E-state index contributed by atoms with van der Waals surface area (Å²) in [7, 11) is 0. The summed E-state index contributed by atoms with van der Waals surface area (Å²) in [5.41, 5.74) is 8.66. The monoisotopic (exact) mass is 266 g/mol. The lowest BCUT2D eigenvalue weighted by Gasteiger charge is -2.41. The maximum Gasteiger partial charge on any atom is 0.0408 e. The first kappa shape index (κ1) is 13.9. The van der Waals surface area contributed by atoms with Gasteiger partial charge in [-0.3, -0.25) is 4.90 Å². The minimum atomic E-state index is 0.464. The van der Waals surface area contributed by atoms with E-state index in [9.17, 15) is 0 Å². The molecule has 1 saturated heterocycles. The first-order valence-corrected chi connectivity index (χ1v) is 7.25. The Morgan fingerprint density at radius 1 is 1.44 bits per heavy atom. The molecule has 1 fully saturated rings. The summed E-state index contributed by atoms with van der Waals surface area (Å²) in [5, 5.41) is 0.819. The zero-order valence-corrected chi connectivity index (χ0v) is 12.1. The summed E-state index contributed by atoms with van der Waals surface area (Å²) in [4.78, 5) is 2.55. The normalized spacial score (nSPS) is 25.3. The van der Waals surface area contributed by atoms with Crippen molar-refractivity contribution in [1.29, 1.82) is 0 Å². The van der Waals surface area contributed by atoms with Crippen LogP contribution in [-0.2, 0) is 0 Å². The van der Waals surface area contributed by atoms with Crippen molar-refractivity contribution in [3.63, 3.8) is 0 Å². The molecular weight excluding hydrogens is 244 g/mol. The second-order valence-corrected chi connectivity index (χ2v) is 5.65. The van der Waals surface area contributed by atoms with Gasteiger partial charge in [-0.15, -0.1) is 0 Å². The fraction of sp³-hybridized carbons (Fsp3) is 0.600. The molecule has 0 radical (unpaired) electrons. The molecule has 1 aromatic carbocycles. The third kappa shape index (κ3) is 2.71. The number of piperidine rings is 1. The zero-order valence-electron chi connectivity index (χ0n) is 11.3. The lowest BCUT2D eigenvalue weighted by molar-refractivity contribution is 0.102. The van der Waals surface area contributed by atoms with E-state index in [1.807, 2.05) is 6.07 Å². The zero-order chi connectivity index (χ0) is 13.1. The van der Waals surface area contributed by atoms with Crippen LogP contribution in [-0.4, -0.2) is 24.5 Å². The molecule has 3 heteroatoms. The van der Waals surface area contributed by atoms with Crippen LogP contribution in [0.5, 0.6) is 0 Å². The molecule has 100 valence electrons. The van der Waals surface area contributed by atoms with Crippen molar-refractivity contribution in [1.82, 2.24) is 4.90 Å². The molecule has 2 atom stereocenters. The van der Waals surface area contributed by atoms with Gasteiger partial charge in [-0.25, -0.2) is 0 Å². The fourth-order valence-electron chi connectivity index (χ4n) is 3.17. The molecular formula is C15H23ClN2. The van der Waals surface area contributed by atoms with Gasteiger partial charge in [0.15, 0.2) is 0 Å². The standard InChI is InChI=1S/C15H23ClN2/c1-3-18-8-4-5-12(10-17)15(18)14-7-6-13(16)9-11(14)2/h6-7,9,12,15H,3-5,8,10,17H2,1-2H3. The molecule has 0 bridgehead atoms. The molecule has 2 unspecified atom stereocenters. The Kier molecular flexibility index (Phi) is 4.66. The van der Waals surface area contributed by atoms with Crippen LogP contribution >= 0.6 is 11.6 Å². The topological polar surface area (TPSA) is 29.3 Å². The van der Waals surface area contributed by atoms with Gasteiger partial charge in [0.1, 0.15) is 0 Å². The smallest absolute Gasteiger partial charge is 0.0408 e. The van der Waals surface area contributed by atoms with E-state index in [0.717, 1.165) is 18.1 Å².